The molecule has 1 N–H and O–H groups in total. The van der Waals surface area contributed by atoms with E-state index in [9.17, 15) is 0 Å². The standard InChI is InChI=1S/C13H15N3O/c1-2-14-9-11-5-7-16-13(8-11)17-12-4-3-6-15-10-12/h3-8,10,14H,2,9H2,1H3. The Bertz CT molecular complexity index is 459. The first kappa shape index (κ1) is 11.5. The van der Waals surface area contributed by atoms with Crippen LogP contribution in [0.5, 0.6) is 11.6 Å². The number of nitrogens with one attached hydrogen (secondary N) is 1. The van der Waals surface area contributed by atoms with Crippen molar-refractivity contribution in [1.29, 1.82) is 0 Å². The number of aromatic nitrogens is 2. The molecule has 0 aliphatic heterocycles. The molecule has 0 aliphatic carbocycles. The number of pyridine rings is 2. The van der Waals surface area contributed by atoms with Crippen molar-refractivity contribution in [2.75, 3.05) is 6.54 Å². The third-order valence-electron chi connectivity index (χ3n) is 2.24. The zero-order valence-electron chi connectivity index (χ0n) is 9.76. The largest absolute Gasteiger partial charge is 0.437 e. The van der Waals surface area contributed by atoms with Gasteiger partial charge in [-0.05, 0) is 30.3 Å². The minimum Gasteiger partial charge on any atom is -0.437 e. The molecule has 0 aromatic carbocycles. The molecule has 2 aromatic heterocycles. The lowest BCUT2D eigenvalue weighted by atomic mass is 10.2. The smallest absolute Gasteiger partial charge is 0.219 e. The van der Waals surface area contributed by atoms with Crippen molar-refractivity contribution >= 4 is 0 Å². The first-order valence-electron chi connectivity index (χ1n) is 5.62. The summed E-state index contributed by atoms with van der Waals surface area (Å²) < 4.78 is 5.60. The number of ether oxygens (including phenoxy) is 1. The molecule has 0 saturated carbocycles. The fraction of sp³-hybridized carbons (Fsp3) is 0.231. The molecule has 2 heterocycles. The summed E-state index contributed by atoms with van der Waals surface area (Å²) in [5, 5.41) is 3.26. The molecule has 0 saturated heterocycles. The van der Waals surface area contributed by atoms with Gasteiger partial charge in [-0.1, -0.05) is 6.92 Å². The van der Waals surface area contributed by atoms with Gasteiger partial charge in [0.1, 0.15) is 5.75 Å². The molecule has 4 nitrogen and oxygen atoms in total. The molecule has 0 aliphatic rings. The Morgan fingerprint density at radius 1 is 1.29 bits per heavy atom. The lowest BCUT2D eigenvalue weighted by Gasteiger charge is -2.06. The molecule has 0 spiro atoms. The first-order chi connectivity index (χ1) is 8.38. The zero-order chi connectivity index (χ0) is 11.9. The van der Waals surface area contributed by atoms with Gasteiger partial charge in [0.15, 0.2) is 0 Å². The minimum absolute atomic E-state index is 0.591. The maximum atomic E-state index is 5.60. The number of hydrogen-bond donors (Lipinski definition) is 1. The highest BCUT2D eigenvalue weighted by Crippen LogP contribution is 2.18. The SMILES string of the molecule is CCNCc1ccnc(Oc2cccnc2)c1. The van der Waals surface area contributed by atoms with E-state index in [1.54, 1.807) is 18.6 Å². The summed E-state index contributed by atoms with van der Waals surface area (Å²) in [5.41, 5.74) is 1.15. The van der Waals surface area contributed by atoms with Gasteiger partial charge >= 0.3 is 0 Å². The molecule has 0 fully saturated rings. The average Bonchev–Trinajstić information content (AvgIpc) is 2.38. The quantitative estimate of drug-likeness (QED) is 0.855. The predicted octanol–water partition coefficient (Wildman–Crippen LogP) is 2.38. The van der Waals surface area contributed by atoms with E-state index >= 15 is 0 Å². The Labute approximate surface area is 101 Å². The lowest BCUT2D eigenvalue weighted by Crippen LogP contribution is -2.11. The Morgan fingerprint density at radius 3 is 3.00 bits per heavy atom. The topological polar surface area (TPSA) is 47.0 Å². The van der Waals surface area contributed by atoms with E-state index in [0.29, 0.717) is 11.6 Å². The van der Waals surface area contributed by atoms with Crippen molar-refractivity contribution < 1.29 is 4.74 Å². The van der Waals surface area contributed by atoms with Crippen LogP contribution in [0.1, 0.15) is 12.5 Å². The van der Waals surface area contributed by atoms with Crippen molar-refractivity contribution in [3.05, 3.63) is 48.4 Å². The fourth-order valence-corrected chi connectivity index (χ4v) is 1.41. The summed E-state index contributed by atoms with van der Waals surface area (Å²) in [4.78, 5) is 8.15. The van der Waals surface area contributed by atoms with Crippen LogP contribution in [0.15, 0.2) is 42.9 Å². The molecule has 17 heavy (non-hydrogen) atoms. The molecule has 0 unspecified atom stereocenters. The van der Waals surface area contributed by atoms with E-state index in [-0.39, 0.29) is 0 Å². The molecule has 4 heteroatoms. The van der Waals surface area contributed by atoms with Crippen LogP contribution in [0.2, 0.25) is 0 Å². The van der Waals surface area contributed by atoms with Crippen LogP contribution in [0.3, 0.4) is 0 Å². The highest BCUT2D eigenvalue weighted by atomic mass is 16.5. The van der Waals surface area contributed by atoms with Crippen molar-refractivity contribution in [1.82, 2.24) is 15.3 Å². The van der Waals surface area contributed by atoms with Gasteiger partial charge in [-0.2, -0.15) is 0 Å². The Balaban J connectivity index is 2.06. The molecule has 2 rings (SSSR count). The summed E-state index contributed by atoms with van der Waals surface area (Å²) in [6, 6.07) is 7.58. The Hall–Kier alpha value is -1.94. The van der Waals surface area contributed by atoms with Gasteiger partial charge in [0.05, 0.1) is 6.20 Å². The van der Waals surface area contributed by atoms with Crippen molar-refractivity contribution in [3.63, 3.8) is 0 Å². The van der Waals surface area contributed by atoms with Gasteiger partial charge in [0, 0.05) is 25.0 Å². The van der Waals surface area contributed by atoms with Crippen LogP contribution in [-0.4, -0.2) is 16.5 Å². The van der Waals surface area contributed by atoms with Crippen LogP contribution in [0.25, 0.3) is 0 Å². The van der Waals surface area contributed by atoms with E-state index in [4.69, 9.17) is 4.74 Å². The van der Waals surface area contributed by atoms with Gasteiger partial charge < -0.3 is 10.1 Å². The van der Waals surface area contributed by atoms with Crippen molar-refractivity contribution in [3.8, 4) is 11.6 Å². The maximum absolute atomic E-state index is 5.60. The fourth-order valence-electron chi connectivity index (χ4n) is 1.41. The molecule has 88 valence electrons. The summed E-state index contributed by atoms with van der Waals surface area (Å²) in [6.45, 7) is 3.85. The molecule has 2 aromatic rings. The first-order valence-corrected chi connectivity index (χ1v) is 5.62. The van der Waals surface area contributed by atoms with E-state index in [2.05, 4.69) is 22.2 Å². The van der Waals surface area contributed by atoms with E-state index in [0.717, 1.165) is 18.7 Å². The van der Waals surface area contributed by atoms with Crippen molar-refractivity contribution in [2.24, 2.45) is 0 Å². The summed E-state index contributed by atoms with van der Waals surface area (Å²) >= 11 is 0. The third kappa shape index (κ3) is 3.53. The van der Waals surface area contributed by atoms with Crippen LogP contribution in [0.4, 0.5) is 0 Å². The minimum atomic E-state index is 0.591. The highest BCUT2D eigenvalue weighted by Gasteiger charge is 1.99. The van der Waals surface area contributed by atoms with E-state index < -0.39 is 0 Å². The van der Waals surface area contributed by atoms with Crippen molar-refractivity contribution in [2.45, 2.75) is 13.5 Å². The lowest BCUT2D eigenvalue weighted by molar-refractivity contribution is 0.459. The average molecular weight is 229 g/mol. The molecule has 0 bridgehead atoms. The summed E-state index contributed by atoms with van der Waals surface area (Å²) in [6.07, 6.45) is 5.12. The molecule has 0 radical (unpaired) electrons. The molecular formula is C13H15N3O. The van der Waals surface area contributed by atoms with Gasteiger partial charge in [0.2, 0.25) is 5.88 Å². The maximum Gasteiger partial charge on any atom is 0.219 e. The monoisotopic (exact) mass is 229 g/mol. The van der Waals surface area contributed by atoms with Gasteiger partial charge in [-0.3, -0.25) is 4.98 Å². The predicted molar refractivity (Wildman–Crippen MR) is 65.9 cm³/mol. The molecule has 0 atom stereocenters. The zero-order valence-corrected chi connectivity index (χ0v) is 9.76. The van der Waals surface area contributed by atoms with Crippen LogP contribution < -0.4 is 10.1 Å². The van der Waals surface area contributed by atoms with E-state index in [1.807, 2.05) is 24.3 Å². The van der Waals surface area contributed by atoms with Crippen LogP contribution in [0, 0.1) is 0 Å². The van der Waals surface area contributed by atoms with Gasteiger partial charge in [-0.15, -0.1) is 0 Å². The van der Waals surface area contributed by atoms with Crippen LogP contribution >= 0.6 is 0 Å². The summed E-state index contributed by atoms with van der Waals surface area (Å²) in [7, 11) is 0. The highest BCUT2D eigenvalue weighted by molar-refractivity contribution is 5.26. The second-order valence-electron chi connectivity index (χ2n) is 3.57. The molecule has 0 amide bonds. The second kappa shape index (κ2) is 5.96. The van der Waals surface area contributed by atoms with Gasteiger partial charge in [0.25, 0.3) is 0 Å². The normalized spacial score (nSPS) is 10.2. The number of rotatable bonds is 5. The number of nitrogens with zero attached hydrogens (tertiary/aromatic N) is 2. The summed E-state index contributed by atoms with van der Waals surface area (Å²) in [5.74, 6) is 1.29. The third-order valence-corrected chi connectivity index (χ3v) is 2.24. The Kier molecular flexibility index (Phi) is 4.05. The Morgan fingerprint density at radius 2 is 2.24 bits per heavy atom. The molecular weight excluding hydrogens is 214 g/mol. The van der Waals surface area contributed by atoms with Crippen LogP contribution in [-0.2, 0) is 6.54 Å². The second-order valence-corrected chi connectivity index (χ2v) is 3.57. The van der Waals surface area contributed by atoms with E-state index in [1.165, 1.54) is 0 Å². The number of hydrogen-bond acceptors (Lipinski definition) is 4. The van der Waals surface area contributed by atoms with Gasteiger partial charge in [-0.25, -0.2) is 4.98 Å².